The summed E-state index contributed by atoms with van der Waals surface area (Å²) in [6, 6.07) is 2.00. The number of aliphatic hydroxyl groups excluding tert-OH is 3. The van der Waals surface area contributed by atoms with Gasteiger partial charge in [-0.2, -0.15) is 5.26 Å². The molecule has 3 heterocycles. The monoisotopic (exact) mass is 335 g/mol. The zero-order valence-electron chi connectivity index (χ0n) is 12.8. The summed E-state index contributed by atoms with van der Waals surface area (Å²) in [6.45, 7) is 1.50. The molecule has 3 rings (SSSR count). The molecule has 0 saturated carbocycles. The minimum Gasteiger partial charge on any atom is -0.478 e. The second kappa shape index (κ2) is 6.21. The molecule has 1 saturated heterocycles. The SMILES string of the molecule is CCOc1c(C#N)c2c(N)ncnc2n1[C@H]1O[C@@H](CO)[C@@H](O)[C@H]1O. The molecule has 0 radical (unpaired) electrons. The third-order valence-corrected chi connectivity index (χ3v) is 3.93. The average molecular weight is 335 g/mol. The largest absolute Gasteiger partial charge is 0.478 e. The van der Waals surface area contributed by atoms with E-state index in [0.29, 0.717) is 0 Å². The fourth-order valence-corrected chi connectivity index (χ4v) is 2.85. The van der Waals surface area contributed by atoms with E-state index in [1.54, 1.807) is 6.92 Å². The van der Waals surface area contributed by atoms with Crippen LogP contribution in [0.15, 0.2) is 6.33 Å². The summed E-state index contributed by atoms with van der Waals surface area (Å²) in [5, 5.41) is 39.3. The highest BCUT2D eigenvalue weighted by molar-refractivity contribution is 5.94. The maximum Gasteiger partial charge on any atom is 0.216 e. The number of aromatic nitrogens is 3. The van der Waals surface area contributed by atoms with E-state index >= 15 is 0 Å². The Morgan fingerprint density at radius 1 is 1.42 bits per heavy atom. The number of nitrogen functional groups attached to an aromatic ring is 1. The number of nitrogens with zero attached hydrogens (tertiary/aromatic N) is 4. The highest BCUT2D eigenvalue weighted by Gasteiger charge is 2.45. The molecule has 2 aromatic heterocycles. The van der Waals surface area contributed by atoms with Crippen LogP contribution in [0.5, 0.6) is 5.88 Å². The Kier molecular flexibility index (Phi) is 4.25. The molecule has 128 valence electrons. The zero-order valence-corrected chi connectivity index (χ0v) is 12.8. The predicted molar refractivity (Wildman–Crippen MR) is 80.8 cm³/mol. The minimum atomic E-state index is -1.35. The maximum atomic E-state index is 10.3. The van der Waals surface area contributed by atoms with E-state index in [4.69, 9.17) is 15.2 Å². The summed E-state index contributed by atoms with van der Waals surface area (Å²) >= 11 is 0. The molecule has 0 unspecified atom stereocenters. The Balaban J connectivity index is 2.26. The molecule has 0 aromatic carbocycles. The van der Waals surface area contributed by atoms with Crippen LogP contribution in [0.4, 0.5) is 5.82 Å². The van der Waals surface area contributed by atoms with Crippen LogP contribution in [0.25, 0.3) is 11.0 Å². The standard InChI is InChI=1S/C14H17N5O5/c1-2-23-13-6(3-15)8-11(16)17-5-18-12(8)19(13)14-10(22)9(21)7(4-20)24-14/h5,7,9-10,14,20-22H,2,4H2,1H3,(H2,16,17,18)/t7-,9+,10+,14-/m0/s1. The molecule has 1 fully saturated rings. The van der Waals surface area contributed by atoms with Crippen molar-refractivity contribution in [2.45, 2.75) is 31.5 Å². The predicted octanol–water partition coefficient (Wildman–Crippen LogP) is -1.10. The second-order valence-electron chi connectivity index (χ2n) is 5.28. The van der Waals surface area contributed by atoms with Crippen LogP contribution in [0.3, 0.4) is 0 Å². The van der Waals surface area contributed by atoms with E-state index in [9.17, 15) is 20.6 Å². The van der Waals surface area contributed by atoms with Crippen LogP contribution in [0, 0.1) is 11.3 Å². The van der Waals surface area contributed by atoms with Crippen molar-refractivity contribution in [3.8, 4) is 11.9 Å². The van der Waals surface area contributed by atoms with Crippen LogP contribution >= 0.6 is 0 Å². The van der Waals surface area contributed by atoms with Gasteiger partial charge in [-0.15, -0.1) is 0 Å². The molecule has 0 aliphatic carbocycles. The van der Waals surface area contributed by atoms with E-state index in [-0.39, 0.29) is 34.9 Å². The van der Waals surface area contributed by atoms with Gasteiger partial charge in [0.05, 0.1) is 18.6 Å². The van der Waals surface area contributed by atoms with E-state index < -0.39 is 31.1 Å². The van der Waals surface area contributed by atoms with E-state index in [2.05, 4.69) is 9.97 Å². The molecule has 0 amide bonds. The van der Waals surface area contributed by atoms with Gasteiger partial charge in [-0.05, 0) is 6.92 Å². The summed E-state index contributed by atoms with van der Waals surface area (Å²) in [4.78, 5) is 7.99. The first-order valence-electron chi connectivity index (χ1n) is 7.34. The molecule has 4 atom stereocenters. The van der Waals surface area contributed by atoms with Crippen molar-refractivity contribution in [2.24, 2.45) is 0 Å². The third-order valence-electron chi connectivity index (χ3n) is 3.93. The first-order valence-corrected chi connectivity index (χ1v) is 7.34. The van der Waals surface area contributed by atoms with Gasteiger partial charge in [0.25, 0.3) is 0 Å². The van der Waals surface area contributed by atoms with Gasteiger partial charge in [0, 0.05) is 0 Å². The first kappa shape index (κ1) is 16.4. The highest BCUT2D eigenvalue weighted by Crippen LogP contribution is 2.40. The minimum absolute atomic E-state index is 0.0861. The molecule has 10 heteroatoms. The Morgan fingerprint density at radius 2 is 2.17 bits per heavy atom. The number of ether oxygens (including phenoxy) is 2. The lowest BCUT2D eigenvalue weighted by Gasteiger charge is -2.20. The van der Waals surface area contributed by atoms with Crippen LogP contribution in [-0.2, 0) is 4.74 Å². The van der Waals surface area contributed by atoms with E-state index in [0.717, 1.165) is 0 Å². The quantitative estimate of drug-likeness (QED) is 0.543. The van der Waals surface area contributed by atoms with Crippen molar-refractivity contribution in [3.05, 3.63) is 11.9 Å². The van der Waals surface area contributed by atoms with Gasteiger partial charge in [0.15, 0.2) is 11.9 Å². The Bertz CT molecular complexity index is 801. The van der Waals surface area contributed by atoms with Crippen molar-refractivity contribution < 1.29 is 24.8 Å². The summed E-state index contributed by atoms with van der Waals surface area (Å²) in [5.74, 6) is 0.194. The fourth-order valence-electron chi connectivity index (χ4n) is 2.85. The van der Waals surface area contributed by atoms with Crippen LogP contribution in [-0.4, -0.2) is 61.4 Å². The summed E-state index contributed by atoms with van der Waals surface area (Å²) < 4.78 is 12.4. The lowest BCUT2D eigenvalue weighted by Crippen LogP contribution is -2.33. The topological polar surface area (TPSA) is 160 Å². The number of hydrogen-bond donors (Lipinski definition) is 4. The number of anilines is 1. The zero-order chi connectivity index (χ0) is 17.4. The van der Waals surface area contributed by atoms with Gasteiger partial charge < -0.3 is 30.5 Å². The van der Waals surface area contributed by atoms with Crippen LogP contribution in [0.2, 0.25) is 0 Å². The number of rotatable bonds is 4. The number of hydrogen-bond acceptors (Lipinski definition) is 9. The van der Waals surface area contributed by atoms with Crippen molar-refractivity contribution in [3.63, 3.8) is 0 Å². The molecule has 24 heavy (non-hydrogen) atoms. The molecule has 2 aromatic rings. The molecule has 0 spiro atoms. The second-order valence-corrected chi connectivity index (χ2v) is 5.28. The lowest BCUT2D eigenvalue weighted by molar-refractivity contribution is -0.0537. The first-order chi connectivity index (χ1) is 11.5. The van der Waals surface area contributed by atoms with Gasteiger partial charge in [0.2, 0.25) is 5.88 Å². The fraction of sp³-hybridized carbons (Fsp3) is 0.500. The molecular formula is C14H17N5O5. The number of nitrogens with two attached hydrogens (primary N) is 1. The van der Waals surface area contributed by atoms with E-state index in [1.807, 2.05) is 6.07 Å². The molecule has 10 nitrogen and oxygen atoms in total. The van der Waals surface area contributed by atoms with E-state index in [1.165, 1.54) is 10.9 Å². The molecular weight excluding hydrogens is 318 g/mol. The summed E-state index contributed by atoms with van der Waals surface area (Å²) in [5.41, 5.74) is 6.21. The lowest BCUT2D eigenvalue weighted by atomic mass is 10.1. The van der Waals surface area contributed by atoms with Crippen molar-refractivity contribution >= 4 is 16.9 Å². The smallest absolute Gasteiger partial charge is 0.216 e. The van der Waals surface area contributed by atoms with Gasteiger partial charge in [0.1, 0.15) is 42.1 Å². The van der Waals surface area contributed by atoms with Crippen molar-refractivity contribution in [1.82, 2.24) is 14.5 Å². The number of nitriles is 1. The Morgan fingerprint density at radius 3 is 2.75 bits per heavy atom. The van der Waals surface area contributed by atoms with Gasteiger partial charge in [-0.25, -0.2) is 9.97 Å². The molecule has 0 bridgehead atoms. The Labute approximate surface area is 136 Å². The molecule has 5 N–H and O–H groups in total. The van der Waals surface area contributed by atoms with Crippen molar-refractivity contribution in [2.75, 3.05) is 18.9 Å². The van der Waals surface area contributed by atoms with Gasteiger partial charge in [-0.3, -0.25) is 4.57 Å². The highest BCUT2D eigenvalue weighted by atomic mass is 16.6. The summed E-state index contributed by atoms with van der Waals surface area (Å²) in [7, 11) is 0. The van der Waals surface area contributed by atoms with Crippen molar-refractivity contribution in [1.29, 1.82) is 5.26 Å². The van der Waals surface area contributed by atoms with Gasteiger partial charge >= 0.3 is 0 Å². The molecule has 1 aliphatic rings. The van der Waals surface area contributed by atoms with Gasteiger partial charge in [-0.1, -0.05) is 0 Å². The molecule has 1 aliphatic heterocycles. The number of fused-ring (bicyclic) bond motifs is 1. The summed E-state index contributed by atoms with van der Waals surface area (Å²) in [6.07, 6.45) is -3.50. The third kappa shape index (κ3) is 2.26. The maximum absolute atomic E-state index is 10.3. The normalized spacial score (nSPS) is 26.6. The Hall–Kier alpha value is -2.45. The average Bonchev–Trinajstić information content (AvgIpc) is 3.04. The van der Waals surface area contributed by atoms with Crippen LogP contribution in [0.1, 0.15) is 18.7 Å². The number of aliphatic hydroxyl groups is 3. The van der Waals surface area contributed by atoms with Crippen LogP contribution < -0.4 is 10.5 Å².